The number of nitrogens with one attached hydrogen (secondary N) is 1. The Bertz CT molecular complexity index is 2000. The molecule has 266 valence electrons. The molecule has 15 heteroatoms. The number of fused-ring (bicyclic) bond motifs is 1. The first-order chi connectivity index (χ1) is 23.6. The van der Waals surface area contributed by atoms with Gasteiger partial charge >= 0.3 is 6.18 Å². The van der Waals surface area contributed by atoms with Gasteiger partial charge in [0.05, 0.1) is 37.5 Å². The smallest absolute Gasteiger partial charge is 0.434 e. The standard InChI is InChI=1S/C35H44F3N9O2Si/c1-21(2)46-19-27(35(36,37)38)44-32(46)25-12-9-22(15-26(25)39-13-14-49-50(7,8)34(3,4)5)18-47-31-24(17-43-47)16-40-30(45-31)28-29(23-10-11-23)41-20-42-33(28)48-6/h9,12,15-17,19-21,23,39H,10-11,13-14,18H2,1-8H3. The van der Waals surface area contributed by atoms with Crippen molar-refractivity contribution in [2.75, 3.05) is 25.6 Å². The Balaban J connectivity index is 1.35. The highest BCUT2D eigenvalue weighted by atomic mass is 28.4. The molecule has 4 heterocycles. The van der Waals surface area contributed by atoms with E-state index in [4.69, 9.17) is 14.1 Å². The molecular weight excluding hydrogens is 664 g/mol. The minimum atomic E-state index is -4.57. The van der Waals surface area contributed by atoms with Gasteiger partial charge in [-0.1, -0.05) is 26.8 Å². The summed E-state index contributed by atoms with van der Waals surface area (Å²) >= 11 is 0. The monoisotopic (exact) mass is 707 g/mol. The van der Waals surface area contributed by atoms with E-state index < -0.39 is 20.2 Å². The molecule has 0 amide bonds. The highest BCUT2D eigenvalue weighted by Crippen LogP contribution is 2.45. The van der Waals surface area contributed by atoms with Crippen LogP contribution >= 0.6 is 0 Å². The lowest BCUT2D eigenvalue weighted by Gasteiger charge is -2.36. The van der Waals surface area contributed by atoms with Gasteiger partial charge < -0.3 is 19.0 Å². The normalized spacial score (nSPS) is 14.2. The zero-order valence-corrected chi connectivity index (χ0v) is 30.8. The van der Waals surface area contributed by atoms with Gasteiger partial charge in [0.15, 0.2) is 25.5 Å². The molecule has 0 bridgehead atoms. The van der Waals surface area contributed by atoms with Gasteiger partial charge in [0, 0.05) is 42.1 Å². The Labute approximate surface area is 290 Å². The fourth-order valence-electron chi connectivity index (χ4n) is 5.55. The minimum Gasteiger partial charge on any atom is -0.480 e. The molecule has 0 spiro atoms. The van der Waals surface area contributed by atoms with Crippen molar-refractivity contribution in [3.8, 4) is 28.7 Å². The van der Waals surface area contributed by atoms with Crippen LogP contribution < -0.4 is 10.1 Å². The maximum atomic E-state index is 13.8. The molecule has 11 nitrogen and oxygen atoms in total. The Hall–Kier alpha value is -4.37. The lowest BCUT2D eigenvalue weighted by molar-refractivity contribution is -0.140. The molecule has 5 aromatic rings. The van der Waals surface area contributed by atoms with E-state index in [9.17, 15) is 13.2 Å². The van der Waals surface area contributed by atoms with E-state index in [1.807, 2.05) is 32.0 Å². The summed E-state index contributed by atoms with van der Waals surface area (Å²) in [6, 6.07) is 5.38. The van der Waals surface area contributed by atoms with E-state index in [2.05, 4.69) is 64.2 Å². The van der Waals surface area contributed by atoms with Gasteiger partial charge in [-0.3, -0.25) is 0 Å². The van der Waals surface area contributed by atoms with Crippen molar-refractivity contribution in [3.63, 3.8) is 0 Å². The van der Waals surface area contributed by atoms with Crippen molar-refractivity contribution in [1.82, 2.24) is 39.3 Å². The van der Waals surface area contributed by atoms with Crippen molar-refractivity contribution < 1.29 is 22.3 Å². The van der Waals surface area contributed by atoms with Crippen molar-refractivity contribution in [1.29, 1.82) is 0 Å². The number of halogens is 3. The SMILES string of the molecule is COc1ncnc(C2CC2)c1-c1ncc2cnn(Cc3ccc(-c4nc(C(F)(F)F)cn4C(C)C)c(NCCO[Si](C)(C)C(C)(C)C)c3)c2n1. The third kappa shape index (κ3) is 7.24. The van der Waals surface area contributed by atoms with Crippen LogP contribution in [0.2, 0.25) is 18.1 Å². The highest BCUT2D eigenvalue weighted by Gasteiger charge is 2.37. The third-order valence-corrected chi connectivity index (χ3v) is 14.1. The summed E-state index contributed by atoms with van der Waals surface area (Å²) in [6.45, 7) is 15.9. The molecule has 1 fully saturated rings. The number of nitrogens with zero attached hydrogens (tertiary/aromatic N) is 8. The number of benzene rings is 1. The molecule has 0 atom stereocenters. The van der Waals surface area contributed by atoms with Crippen LogP contribution in [0.4, 0.5) is 18.9 Å². The van der Waals surface area contributed by atoms with E-state index in [-0.39, 0.29) is 16.9 Å². The molecule has 1 aromatic carbocycles. The second kappa shape index (κ2) is 13.4. The average Bonchev–Trinajstić information content (AvgIpc) is 3.67. The first-order valence-corrected chi connectivity index (χ1v) is 19.7. The van der Waals surface area contributed by atoms with Crippen molar-refractivity contribution in [2.45, 2.75) is 90.3 Å². The molecule has 0 aliphatic heterocycles. The van der Waals surface area contributed by atoms with Gasteiger partial charge in [0.1, 0.15) is 17.7 Å². The number of imidazole rings is 1. The summed E-state index contributed by atoms with van der Waals surface area (Å²) < 4.78 is 56.8. The number of hydrogen-bond donors (Lipinski definition) is 1. The summed E-state index contributed by atoms with van der Waals surface area (Å²) in [5.74, 6) is 1.43. The summed E-state index contributed by atoms with van der Waals surface area (Å²) in [4.78, 5) is 22.5. The van der Waals surface area contributed by atoms with Crippen molar-refractivity contribution in [3.05, 3.63) is 60.1 Å². The second-order valence-corrected chi connectivity index (χ2v) is 19.4. The zero-order chi connectivity index (χ0) is 36.0. The Kier molecular flexibility index (Phi) is 9.50. The number of ether oxygens (including phenoxy) is 1. The molecule has 1 N–H and O–H groups in total. The summed E-state index contributed by atoms with van der Waals surface area (Å²) in [6.07, 6.45) is 3.53. The van der Waals surface area contributed by atoms with E-state index in [0.29, 0.717) is 59.8 Å². The van der Waals surface area contributed by atoms with Gasteiger partial charge in [0.25, 0.3) is 0 Å². The number of alkyl halides is 3. The molecule has 50 heavy (non-hydrogen) atoms. The van der Waals surface area contributed by atoms with E-state index in [0.717, 1.165) is 35.7 Å². The van der Waals surface area contributed by atoms with Crippen molar-refractivity contribution >= 4 is 25.0 Å². The van der Waals surface area contributed by atoms with Crippen LogP contribution in [-0.2, 0) is 17.1 Å². The Morgan fingerprint density at radius 2 is 1.80 bits per heavy atom. The fraction of sp³-hybridized carbons (Fsp3) is 0.486. The quantitative estimate of drug-likeness (QED) is 0.101. The van der Waals surface area contributed by atoms with E-state index in [1.165, 1.54) is 6.33 Å². The van der Waals surface area contributed by atoms with Crippen LogP contribution in [-0.4, -0.2) is 67.8 Å². The van der Waals surface area contributed by atoms with Crippen molar-refractivity contribution in [2.24, 2.45) is 0 Å². The van der Waals surface area contributed by atoms with Crippen LogP contribution in [0.1, 0.15) is 76.4 Å². The summed E-state index contributed by atoms with van der Waals surface area (Å²) in [5.41, 5.74) is 3.32. The van der Waals surface area contributed by atoms with Crippen LogP contribution in [0.15, 0.2) is 43.1 Å². The zero-order valence-electron chi connectivity index (χ0n) is 29.8. The summed E-state index contributed by atoms with van der Waals surface area (Å²) in [5, 5.41) is 8.87. The van der Waals surface area contributed by atoms with Gasteiger partial charge in [-0.05, 0) is 62.5 Å². The highest BCUT2D eigenvalue weighted by molar-refractivity contribution is 6.74. The van der Waals surface area contributed by atoms with Gasteiger partial charge in [-0.25, -0.2) is 29.6 Å². The molecule has 1 aliphatic rings. The molecule has 6 rings (SSSR count). The minimum absolute atomic E-state index is 0.0438. The topological polar surface area (TPSA) is 118 Å². The molecule has 0 radical (unpaired) electrons. The summed E-state index contributed by atoms with van der Waals surface area (Å²) in [7, 11) is -0.438. The average molecular weight is 708 g/mol. The van der Waals surface area contributed by atoms with Crippen LogP contribution in [0.25, 0.3) is 33.8 Å². The van der Waals surface area contributed by atoms with Crippen LogP contribution in [0.5, 0.6) is 5.88 Å². The Morgan fingerprint density at radius 1 is 1.04 bits per heavy atom. The molecule has 0 unspecified atom stereocenters. The number of aromatic nitrogens is 8. The van der Waals surface area contributed by atoms with Crippen LogP contribution in [0.3, 0.4) is 0 Å². The molecule has 1 aliphatic carbocycles. The van der Waals surface area contributed by atoms with Gasteiger partial charge in [-0.15, -0.1) is 0 Å². The maximum absolute atomic E-state index is 13.8. The Morgan fingerprint density at radius 3 is 2.46 bits per heavy atom. The number of anilines is 1. The third-order valence-electron chi connectivity index (χ3n) is 9.52. The molecule has 1 saturated carbocycles. The molecule has 0 saturated heterocycles. The van der Waals surface area contributed by atoms with Gasteiger partial charge in [0.2, 0.25) is 5.88 Å². The predicted octanol–water partition coefficient (Wildman–Crippen LogP) is 8.11. The van der Waals surface area contributed by atoms with E-state index >= 15 is 0 Å². The number of rotatable bonds is 12. The lowest BCUT2D eigenvalue weighted by atomic mass is 10.1. The first-order valence-electron chi connectivity index (χ1n) is 16.8. The van der Waals surface area contributed by atoms with E-state index in [1.54, 1.807) is 28.8 Å². The lowest BCUT2D eigenvalue weighted by Crippen LogP contribution is -2.41. The van der Waals surface area contributed by atoms with Gasteiger partial charge in [-0.2, -0.15) is 18.3 Å². The second-order valence-electron chi connectivity index (χ2n) is 14.6. The molecule has 4 aromatic heterocycles. The maximum Gasteiger partial charge on any atom is 0.434 e. The first kappa shape index (κ1) is 35.5. The number of methoxy groups -OCH3 is 1. The number of hydrogen-bond acceptors (Lipinski definition) is 9. The van der Waals surface area contributed by atoms with Crippen LogP contribution in [0, 0.1) is 0 Å². The molecular formula is C35H44F3N9O2Si. The predicted molar refractivity (Wildman–Crippen MR) is 189 cm³/mol. The largest absolute Gasteiger partial charge is 0.480 e. The fourth-order valence-corrected chi connectivity index (χ4v) is 6.60.